The molecule has 0 radical (unpaired) electrons. The van der Waals surface area contributed by atoms with Crippen molar-refractivity contribution >= 4 is 0 Å². The Balaban J connectivity index is 1.83. The summed E-state index contributed by atoms with van der Waals surface area (Å²) in [6, 6.07) is 2.42. The number of nitrogens with zero attached hydrogens (tertiary/aromatic N) is 1. The third kappa shape index (κ3) is 3.23. The van der Waals surface area contributed by atoms with Crippen molar-refractivity contribution in [2.45, 2.75) is 77.4 Å². The van der Waals surface area contributed by atoms with E-state index >= 15 is 0 Å². The first-order valence-corrected chi connectivity index (χ1v) is 7.71. The highest BCUT2D eigenvalue weighted by Gasteiger charge is 2.38. The predicted octanol–water partition coefficient (Wildman–Crippen LogP) is 3.03. The Kier molecular flexibility index (Phi) is 4.87. The molecule has 1 saturated heterocycles. The molecule has 3 atom stereocenters. The maximum Gasteiger partial charge on any atom is 0.0139 e. The predicted molar refractivity (Wildman–Crippen MR) is 74.3 cm³/mol. The highest BCUT2D eigenvalue weighted by atomic mass is 15.2. The summed E-state index contributed by atoms with van der Waals surface area (Å²) in [5.41, 5.74) is 0. The normalized spacial score (nSPS) is 34.9. The molecule has 0 aromatic heterocycles. The average molecular weight is 238 g/mol. The first-order chi connectivity index (χ1) is 8.22. The van der Waals surface area contributed by atoms with Crippen LogP contribution in [0.25, 0.3) is 0 Å². The van der Waals surface area contributed by atoms with E-state index in [0.29, 0.717) is 6.04 Å². The van der Waals surface area contributed by atoms with Crippen molar-refractivity contribution < 1.29 is 0 Å². The second-order valence-corrected chi connectivity index (χ2v) is 6.26. The zero-order chi connectivity index (χ0) is 12.3. The first-order valence-electron chi connectivity index (χ1n) is 7.71. The van der Waals surface area contributed by atoms with Gasteiger partial charge in [0.2, 0.25) is 0 Å². The molecule has 0 amide bonds. The molecule has 2 nitrogen and oxygen atoms in total. The van der Waals surface area contributed by atoms with Gasteiger partial charge in [-0.3, -0.25) is 4.90 Å². The number of nitrogens with one attached hydrogen (secondary N) is 1. The minimum absolute atomic E-state index is 0.638. The van der Waals surface area contributed by atoms with E-state index in [1.807, 2.05) is 0 Å². The van der Waals surface area contributed by atoms with Crippen molar-refractivity contribution in [1.82, 2.24) is 10.2 Å². The maximum atomic E-state index is 3.62. The van der Waals surface area contributed by atoms with Crippen molar-refractivity contribution in [2.24, 2.45) is 5.92 Å². The summed E-state index contributed by atoms with van der Waals surface area (Å²) in [6.45, 7) is 9.46. The Hall–Kier alpha value is -0.0800. The lowest BCUT2D eigenvalue weighted by molar-refractivity contribution is 0.00560. The summed E-state index contributed by atoms with van der Waals surface area (Å²) in [5, 5.41) is 3.62. The van der Waals surface area contributed by atoms with Gasteiger partial charge in [0.1, 0.15) is 0 Å². The van der Waals surface area contributed by atoms with Gasteiger partial charge in [-0.25, -0.2) is 0 Å². The molecule has 0 spiro atoms. The molecular formula is C15H30N2. The van der Waals surface area contributed by atoms with E-state index in [1.165, 1.54) is 51.6 Å². The van der Waals surface area contributed by atoms with E-state index in [0.717, 1.165) is 18.0 Å². The molecule has 1 saturated carbocycles. The number of likely N-dealkylation sites (tertiary alicyclic amines) is 1. The van der Waals surface area contributed by atoms with Crippen molar-refractivity contribution in [1.29, 1.82) is 0 Å². The number of rotatable bonds is 5. The molecule has 0 aromatic rings. The minimum atomic E-state index is 0.638. The second kappa shape index (κ2) is 6.19. The molecule has 2 rings (SSSR count). The molecule has 2 fully saturated rings. The molecular weight excluding hydrogens is 208 g/mol. The van der Waals surface area contributed by atoms with Gasteiger partial charge >= 0.3 is 0 Å². The van der Waals surface area contributed by atoms with Gasteiger partial charge in [-0.2, -0.15) is 0 Å². The van der Waals surface area contributed by atoms with Gasteiger partial charge < -0.3 is 5.32 Å². The molecule has 1 heterocycles. The summed E-state index contributed by atoms with van der Waals surface area (Å²) in [5.74, 6) is 0.921. The molecule has 1 aliphatic heterocycles. The van der Waals surface area contributed by atoms with E-state index in [4.69, 9.17) is 0 Å². The van der Waals surface area contributed by atoms with Crippen molar-refractivity contribution in [2.75, 3.05) is 13.1 Å². The van der Waals surface area contributed by atoms with Crippen molar-refractivity contribution in [3.63, 3.8) is 0 Å². The van der Waals surface area contributed by atoms with Crippen LogP contribution in [0.3, 0.4) is 0 Å². The second-order valence-electron chi connectivity index (χ2n) is 6.26. The standard InChI is InChI=1S/C15H30N2/c1-4-14-7-5-6-10-17(14)15-9-8-13(15)11-16-12(2)3/h12-16H,4-11H2,1-3H3. The summed E-state index contributed by atoms with van der Waals surface area (Å²) >= 11 is 0. The van der Waals surface area contributed by atoms with Crippen LogP contribution in [0.15, 0.2) is 0 Å². The van der Waals surface area contributed by atoms with Crippen LogP contribution in [-0.2, 0) is 0 Å². The molecule has 2 aliphatic rings. The lowest BCUT2D eigenvalue weighted by Crippen LogP contribution is -2.55. The van der Waals surface area contributed by atoms with Crippen molar-refractivity contribution in [3.05, 3.63) is 0 Å². The van der Waals surface area contributed by atoms with Crippen LogP contribution in [0.4, 0.5) is 0 Å². The lowest BCUT2D eigenvalue weighted by Gasteiger charge is -2.50. The molecule has 0 aromatic carbocycles. The smallest absolute Gasteiger partial charge is 0.0139 e. The fourth-order valence-electron chi connectivity index (χ4n) is 3.51. The van der Waals surface area contributed by atoms with E-state index in [2.05, 4.69) is 31.0 Å². The third-order valence-corrected chi connectivity index (χ3v) is 4.74. The SMILES string of the molecule is CCC1CCCCN1C1CCC1CNC(C)C. The summed E-state index contributed by atoms with van der Waals surface area (Å²) in [6.07, 6.45) is 8.56. The molecule has 1 aliphatic carbocycles. The van der Waals surface area contributed by atoms with E-state index in [-0.39, 0.29) is 0 Å². The van der Waals surface area contributed by atoms with Gasteiger partial charge in [-0.05, 0) is 51.1 Å². The van der Waals surface area contributed by atoms with Crippen LogP contribution >= 0.6 is 0 Å². The van der Waals surface area contributed by atoms with Crippen LogP contribution in [0, 0.1) is 5.92 Å². The average Bonchev–Trinajstić information content (AvgIpc) is 2.28. The molecule has 100 valence electrons. The summed E-state index contributed by atoms with van der Waals surface area (Å²) in [4.78, 5) is 2.85. The monoisotopic (exact) mass is 238 g/mol. The third-order valence-electron chi connectivity index (χ3n) is 4.74. The molecule has 3 unspecified atom stereocenters. The number of hydrogen-bond donors (Lipinski definition) is 1. The Morgan fingerprint density at radius 2 is 2.00 bits per heavy atom. The highest BCUT2D eigenvalue weighted by molar-refractivity contribution is 4.94. The minimum Gasteiger partial charge on any atom is -0.314 e. The Bertz CT molecular complexity index is 227. The molecule has 1 N–H and O–H groups in total. The zero-order valence-corrected chi connectivity index (χ0v) is 11.9. The first kappa shape index (κ1) is 13.4. The van der Waals surface area contributed by atoms with Gasteiger partial charge in [0.25, 0.3) is 0 Å². The zero-order valence-electron chi connectivity index (χ0n) is 11.9. The van der Waals surface area contributed by atoms with Crippen LogP contribution in [0.2, 0.25) is 0 Å². The highest BCUT2D eigenvalue weighted by Crippen LogP contribution is 2.36. The lowest BCUT2D eigenvalue weighted by atomic mass is 9.76. The van der Waals surface area contributed by atoms with E-state index in [1.54, 1.807) is 0 Å². The Labute approximate surface area is 107 Å². The van der Waals surface area contributed by atoms with Gasteiger partial charge in [-0.1, -0.05) is 27.2 Å². The molecule has 17 heavy (non-hydrogen) atoms. The topological polar surface area (TPSA) is 15.3 Å². The maximum absolute atomic E-state index is 3.62. The largest absolute Gasteiger partial charge is 0.314 e. The quantitative estimate of drug-likeness (QED) is 0.792. The van der Waals surface area contributed by atoms with Gasteiger partial charge in [0.15, 0.2) is 0 Å². The van der Waals surface area contributed by atoms with Crippen LogP contribution in [0.1, 0.15) is 59.3 Å². The molecule has 0 bridgehead atoms. The summed E-state index contributed by atoms with van der Waals surface area (Å²) < 4.78 is 0. The van der Waals surface area contributed by atoms with Crippen LogP contribution < -0.4 is 5.32 Å². The van der Waals surface area contributed by atoms with Gasteiger partial charge in [0, 0.05) is 18.1 Å². The van der Waals surface area contributed by atoms with E-state index in [9.17, 15) is 0 Å². The van der Waals surface area contributed by atoms with Crippen LogP contribution in [0.5, 0.6) is 0 Å². The fraction of sp³-hybridized carbons (Fsp3) is 1.00. The van der Waals surface area contributed by atoms with Crippen LogP contribution in [-0.4, -0.2) is 36.1 Å². The Morgan fingerprint density at radius 1 is 1.18 bits per heavy atom. The summed E-state index contributed by atoms with van der Waals surface area (Å²) in [7, 11) is 0. The Morgan fingerprint density at radius 3 is 2.59 bits per heavy atom. The van der Waals surface area contributed by atoms with Gasteiger partial charge in [0.05, 0.1) is 0 Å². The number of hydrogen-bond acceptors (Lipinski definition) is 2. The van der Waals surface area contributed by atoms with Crippen molar-refractivity contribution in [3.8, 4) is 0 Å². The number of piperidine rings is 1. The molecule has 2 heteroatoms. The van der Waals surface area contributed by atoms with E-state index < -0.39 is 0 Å². The van der Waals surface area contributed by atoms with Gasteiger partial charge in [-0.15, -0.1) is 0 Å². The fourth-order valence-corrected chi connectivity index (χ4v) is 3.51.